The number of piperazine rings is 1. The quantitative estimate of drug-likeness (QED) is 0.783. The van der Waals surface area contributed by atoms with Gasteiger partial charge in [0.2, 0.25) is 0 Å². The van der Waals surface area contributed by atoms with E-state index < -0.39 is 6.36 Å². The summed E-state index contributed by atoms with van der Waals surface area (Å²) in [6.07, 6.45) is -4.71. The number of ether oxygens (including phenoxy) is 2. The first-order valence-electron chi connectivity index (χ1n) is 8.00. The summed E-state index contributed by atoms with van der Waals surface area (Å²) < 4.78 is 46.7. The van der Waals surface area contributed by atoms with Gasteiger partial charge in [0, 0.05) is 43.9 Å². The lowest BCUT2D eigenvalue weighted by molar-refractivity contribution is -0.274. The number of nitrogens with one attached hydrogen (secondary N) is 1. The first-order valence-corrected chi connectivity index (χ1v) is 8.00. The van der Waals surface area contributed by atoms with E-state index in [2.05, 4.69) is 35.7 Å². The van der Waals surface area contributed by atoms with Crippen LogP contribution in [-0.2, 0) is 0 Å². The molecule has 1 heterocycles. The smallest absolute Gasteiger partial charge is 0.496 e. The molecule has 0 unspecified atom stereocenters. The molecule has 2 rings (SSSR count). The second-order valence-corrected chi connectivity index (χ2v) is 7.01. The van der Waals surface area contributed by atoms with E-state index in [9.17, 15) is 13.2 Å². The van der Waals surface area contributed by atoms with E-state index in [-0.39, 0.29) is 42.0 Å². The van der Waals surface area contributed by atoms with Crippen LogP contribution >= 0.6 is 24.8 Å². The summed E-state index contributed by atoms with van der Waals surface area (Å²) in [5.41, 5.74) is 0.776. The molecule has 0 aromatic heterocycles. The number of benzene rings is 1. The molecule has 0 saturated carbocycles. The molecule has 1 atom stereocenters. The number of rotatable bonds is 4. The fourth-order valence-electron chi connectivity index (χ4n) is 3.27. The van der Waals surface area contributed by atoms with E-state index in [0.717, 1.165) is 31.7 Å². The van der Waals surface area contributed by atoms with Crippen molar-refractivity contribution in [3.05, 3.63) is 23.8 Å². The molecule has 4 nitrogen and oxygen atoms in total. The standard InChI is InChI=1S/C17H25F3N2O2.2ClH/c1-16(2,3)15(22-9-7-21-8-10-22)13-6-5-12(11-14(13)23-4)24-17(18,19)20;;/h5-6,11,15,21H,7-10H2,1-4H3;2*1H/t15-;;/m1../s1. The Morgan fingerprint density at radius 2 is 1.65 bits per heavy atom. The van der Waals surface area contributed by atoms with Gasteiger partial charge in [-0.1, -0.05) is 26.8 Å². The zero-order chi connectivity index (χ0) is 18.0. The van der Waals surface area contributed by atoms with Crippen LogP contribution in [0.15, 0.2) is 18.2 Å². The average Bonchev–Trinajstić information content (AvgIpc) is 2.47. The van der Waals surface area contributed by atoms with Crippen LogP contribution in [0.1, 0.15) is 32.4 Å². The van der Waals surface area contributed by atoms with Gasteiger partial charge < -0.3 is 14.8 Å². The molecule has 0 aliphatic carbocycles. The summed E-state index contributed by atoms with van der Waals surface area (Å²) in [7, 11) is 1.47. The third-order valence-electron chi connectivity index (χ3n) is 4.07. The SMILES string of the molecule is COc1cc(OC(F)(F)F)ccc1[C@@H](N1CCNCC1)C(C)(C)C.Cl.Cl. The minimum Gasteiger partial charge on any atom is -0.496 e. The first-order chi connectivity index (χ1) is 11.1. The minimum atomic E-state index is -4.71. The van der Waals surface area contributed by atoms with Gasteiger partial charge in [0.15, 0.2) is 0 Å². The predicted octanol–water partition coefficient (Wildman–Crippen LogP) is 4.43. The number of hydrogen-bond acceptors (Lipinski definition) is 4. The number of hydrogen-bond donors (Lipinski definition) is 1. The van der Waals surface area contributed by atoms with Crippen LogP contribution in [0, 0.1) is 5.41 Å². The van der Waals surface area contributed by atoms with Crippen molar-refractivity contribution < 1.29 is 22.6 Å². The number of alkyl halides is 3. The average molecular weight is 419 g/mol. The minimum absolute atomic E-state index is 0. The Labute approximate surface area is 165 Å². The summed E-state index contributed by atoms with van der Waals surface area (Å²) in [6.45, 7) is 9.92. The highest BCUT2D eigenvalue weighted by molar-refractivity contribution is 5.85. The molecular weight excluding hydrogens is 392 g/mol. The third kappa shape index (κ3) is 6.68. The van der Waals surface area contributed by atoms with E-state index in [1.165, 1.54) is 19.2 Å². The van der Waals surface area contributed by atoms with Crippen LogP contribution in [0.5, 0.6) is 11.5 Å². The highest BCUT2D eigenvalue weighted by Crippen LogP contribution is 2.43. The van der Waals surface area contributed by atoms with Crippen LogP contribution in [0.3, 0.4) is 0 Å². The highest BCUT2D eigenvalue weighted by Gasteiger charge is 2.35. The lowest BCUT2D eigenvalue weighted by Gasteiger charge is -2.43. The molecule has 0 bridgehead atoms. The van der Waals surface area contributed by atoms with Gasteiger partial charge in [-0.25, -0.2) is 0 Å². The molecule has 9 heteroatoms. The van der Waals surface area contributed by atoms with Gasteiger partial charge >= 0.3 is 6.36 Å². The molecule has 0 radical (unpaired) electrons. The van der Waals surface area contributed by atoms with Crippen molar-refractivity contribution in [2.24, 2.45) is 5.41 Å². The van der Waals surface area contributed by atoms with Crippen molar-refractivity contribution in [2.75, 3.05) is 33.3 Å². The Bertz CT molecular complexity index is 560. The molecular formula is C17H27Cl2F3N2O2. The molecule has 1 aliphatic rings. The summed E-state index contributed by atoms with van der Waals surface area (Å²) >= 11 is 0. The molecule has 1 aromatic carbocycles. The van der Waals surface area contributed by atoms with E-state index in [1.54, 1.807) is 6.07 Å². The van der Waals surface area contributed by atoms with Crippen LogP contribution in [0.4, 0.5) is 13.2 Å². The molecule has 1 aromatic rings. The maximum Gasteiger partial charge on any atom is 0.573 e. The summed E-state index contributed by atoms with van der Waals surface area (Å²) in [4.78, 5) is 2.35. The van der Waals surface area contributed by atoms with Gasteiger partial charge in [0.1, 0.15) is 11.5 Å². The van der Waals surface area contributed by atoms with Gasteiger partial charge in [0.05, 0.1) is 7.11 Å². The molecule has 152 valence electrons. The van der Waals surface area contributed by atoms with Gasteiger partial charge in [-0.3, -0.25) is 4.90 Å². The van der Waals surface area contributed by atoms with Gasteiger partial charge in [0.25, 0.3) is 0 Å². The Hall–Kier alpha value is -0.890. The Morgan fingerprint density at radius 1 is 1.08 bits per heavy atom. The fraction of sp³-hybridized carbons (Fsp3) is 0.647. The van der Waals surface area contributed by atoms with Crippen LogP contribution in [0.25, 0.3) is 0 Å². The van der Waals surface area contributed by atoms with Crippen molar-refractivity contribution in [1.29, 1.82) is 0 Å². The third-order valence-corrected chi connectivity index (χ3v) is 4.07. The maximum atomic E-state index is 12.4. The first kappa shape index (κ1) is 25.1. The number of halogens is 5. The lowest BCUT2D eigenvalue weighted by Crippen LogP contribution is -2.48. The summed E-state index contributed by atoms with van der Waals surface area (Å²) in [5.74, 6) is 0.145. The number of nitrogens with zero attached hydrogens (tertiary/aromatic N) is 1. The van der Waals surface area contributed by atoms with Crippen LogP contribution in [-0.4, -0.2) is 44.6 Å². The topological polar surface area (TPSA) is 33.7 Å². The van der Waals surface area contributed by atoms with Crippen LogP contribution < -0.4 is 14.8 Å². The normalized spacial score (nSPS) is 16.9. The van der Waals surface area contributed by atoms with Crippen molar-refractivity contribution in [2.45, 2.75) is 33.2 Å². The van der Waals surface area contributed by atoms with Crippen molar-refractivity contribution in [3.8, 4) is 11.5 Å². The molecule has 0 spiro atoms. The van der Waals surface area contributed by atoms with E-state index in [1.807, 2.05) is 0 Å². The monoisotopic (exact) mass is 418 g/mol. The molecule has 1 N–H and O–H groups in total. The van der Waals surface area contributed by atoms with E-state index in [0.29, 0.717) is 5.75 Å². The lowest BCUT2D eigenvalue weighted by atomic mass is 9.80. The summed E-state index contributed by atoms with van der Waals surface area (Å²) in [6, 6.07) is 4.38. The van der Waals surface area contributed by atoms with Crippen molar-refractivity contribution in [3.63, 3.8) is 0 Å². The maximum absolute atomic E-state index is 12.4. The van der Waals surface area contributed by atoms with Crippen molar-refractivity contribution in [1.82, 2.24) is 10.2 Å². The molecule has 1 aliphatic heterocycles. The Balaban J connectivity index is 0.00000312. The molecule has 1 saturated heterocycles. The number of methoxy groups -OCH3 is 1. The fourth-order valence-corrected chi connectivity index (χ4v) is 3.27. The largest absolute Gasteiger partial charge is 0.573 e. The van der Waals surface area contributed by atoms with E-state index >= 15 is 0 Å². The summed E-state index contributed by atoms with van der Waals surface area (Å²) in [5, 5.41) is 3.32. The second kappa shape index (κ2) is 9.88. The zero-order valence-corrected chi connectivity index (χ0v) is 17.0. The second-order valence-electron chi connectivity index (χ2n) is 7.01. The van der Waals surface area contributed by atoms with Crippen molar-refractivity contribution >= 4 is 24.8 Å². The highest BCUT2D eigenvalue weighted by atomic mass is 35.5. The van der Waals surface area contributed by atoms with E-state index in [4.69, 9.17) is 4.74 Å². The molecule has 0 amide bonds. The van der Waals surface area contributed by atoms with Gasteiger partial charge in [-0.05, 0) is 11.5 Å². The van der Waals surface area contributed by atoms with Gasteiger partial charge in [-0.15, -0.1) is 38.0 Å². The molecule has 26 heavy (non-hydrogen) atoms. The zero-order valence-electron chi connectivity index (χ0n) is 15.4. The predicted molar refractivity (Wildman–Crippen MR) is 101 cm³/mol. The molecule has 1 fully saturated rings. The Kier molecular flexibility index (Phi) is 9.54. The Morgan fingerprint density at radius 3 is 2.12 bits per heavy atom. The van der Waals surface area contributed by atoms with Crippen LogP contribution in [0.2, 0.25) is 0 Å². The van der Waals surface area contributed by atoms with Gasteiger partial charge in [-0.2, -0.15) is 0 Å².